The minimum atomic E-state index is -4.72. The molecule has 11 heteroatoms. The summed E-state index contributed by atoms with van der Waals surface area (Å²) in [4.78, 5) is 11.5. The maximum absolute atomic E-state index is 13.2. The average Bonchev–Trinajstić information content (AvgIpc) is 2.75. The van der Waals surface area contributed by atoms with Crippen LogP contribution in [-0.4, -0.2) is 20.5 Å². The lowest BCUT2D eigenvalue weighted by Gasteiger charge is -2.12. The number of rotatable bonds is 7. The molecule has 0 aromatic heterocycles. The molecule has 0 saturated carbocycles. The van der Waals surface area contributed by atoms with Gasteiger partial charge in [0, 0.05) is 10.6 Å². The Labute approximate surface area is 192 Å². The van der Waals surface area contributed by atoms with E-state index in [1.165, 1.54) is 24.3 Å². The van der Waals surface area contributed by atoms with Gasteiger partial charge in [-0.25, -0.2) is 5.43 Å². The predicted octanol–water partition coefficient (Wildman–Crippen LogP) is 4.82. The molecule has 3 rings (SSSR count). The Hall–Kier alpha value is -3.37. The van der Waals surface area contributed by atoms with Crippen molar-refractivity contribution >= 4 is 33.8 Å². The van der Waals surface area contributed by atoms with Crippen molar-refractivity contribution in [3.05, 3.63) is 94.5 Å². The normalized spacial score (nSPS) is 12.0. The highest BCUT2D eigenvalue weighted by Crippen LogP contribution is 2.32. The van der Waals surface area contributed by atoms with Crippen molar-refractivity contribution in [3.8, 4) is 5.75 Å². The van der Waals surface area contributed by atoms with E-state index in [-0.39, 0.29) is 12.2 Å². The standard InChI is InChI=1S/C22H16ClF3N2O4S/c23-18-9-6-15(7-10-18)12-21(29)28-27-14-16-13-17(22(24,25)26)8-11-20(16)33(30,31)32-19-4-2-1-3-5-19/h1-11,13-14H,12H2,(H,28,29). The number of alkyl halides is 3. The van der Waals surface area contributed by atoms with Crippen molar-refractivity contribution in [2.24, 2.45) is 5.10 Å². The van der Waals surface area contributed by atoms with Gasteiger partial charge in [0.15, 0.2) is 0 Å². The second kappa shape index (κ2) is 10.1. The van der Waals surface area contributed by atoms with Crippen molar-refractivity contribution in [1.82, 2.24) is 5.43 Å². The molecular formula is C22H16ClF3N2O4S. The number of carbonyl (C=O) groups is 1. The molecule has 33 heavy (non-hydrogen) atoms. The van der Waals surface area contributed by atoms with Gasteiger partial charge >= 0.3 is 16.3 Å². The van der Waals surface area contributed by atoms with E-state index in [2.05, 4.69) is 10.5 Å². The monoisotopic (exact) mass is 496 g/mol. The van der Waals surface area contributed by atoms with Crippen LogP contribution in [-0.2, 0) is 27.5 Å². The van der Waals surface area contributed by atoms with Gasteiger partial charge in [-0.15, -0.1) is 0 Å². The number of hydrogen-bond acceptors (Lipinski definition) is 5. The minimum Gasteiger partial charge on any atom is -0.379 e. The van der Waals surface area contributed by atoms with E-state index >= 15 is 0 Å². The topological polar surface area (TPSA) is 84.8 Å². The molecule has 0 radical (unpaired) electrons. The van der Waals surface area contributed by atoms with Crippen LogP contribution >= 0.6 is 11.6 Å². The zero-order valence-electron chi connectivity index (χ0n) is 16.7. The van der Waals surface area contributed by atoms with E-state index in [1.807, 2.05) is 0 Å². The third-order valence-electron chi connectivity index (χ3n) is 4.23. The molecule has 1 N–H and O–H groups in total. The van der Waals surface area contributed by atoms with E-state index < -0.39 is 38.2 Å². The number of hydrazone groups is 1. The molecule has 0 spiro atoms. The molecule has 0 heterocycles. The molecule has 0 aliphatic rings. The molecule has 0 atom stereocenters. The van der Waals surface area contributed by atoms with Crippen LogP contribution in [0.1, 0.15) is 16.7 Å². The van der Waals surface area contributed by atoms with E-state index in [4.69, 9.17) is 15.8 Å². The van der Waals surface area contributed by atoms with Gasteiger partial charge in [0.1, 0.15) is 10.6 Å². The summed E-state index contributed by atoms with van der Waals surface area (Å²) in [5.74, 6) is -0.581. The predicted molar refractivity (Wildman–Crippen MR) is 117 cm³/mol. The Kier molecular flexibility index (Phi) is 7.39. The molecule has 1 amide bonds. The van der Waals surface area contributed by atoms with Crippen LogP contribution in [0.25, 0.3) is 0 Å². The lowest BCUT2D eigenvalue weighted by atomic mass is 10.1. The van der Waals surface area contributed by atoms with Crippen LogP contribution in [0.3, 0.4) is 0 Å². The largest absolute Gasteiger partial charge is 0.416 e. The lowest BCUT2D eigenvalue weighted by molar-refractivity contribution is -0.137. The molecule has 0 fully saturated rings. The molecule has 3 aromatic carbocycles. The maximum atomic E-state index is 13.2. The van der Waals surface area contributed by atoms with Crippen molar-refractivity contribution in [1.29, 1.82) is 0 Å². The molecular weight excluding hydrogens is 481 g/mol. The fraction of sp³-hybridized carbons (Fsp3) is 0.0909. The smallest absolute Gasteiger partial charge is 0.379 e. The first kappa shape index (κ1) is 24.3. The van der Waals surface area contributed by atoms with Crippen LogP contribution in [0, 0.1) is 0 Å². The quantitative estimate of drug-likeness (QED) is 0.289. The second-order valence-corrected chi connectivity index (χ2v) is 8.65. The summed E-state index contributed by atoms with van der Waals surface area (Å²) in [6.45, 7) is 0. The van der Waals surface area contributed by atoms with Crippen LogP contribution in [0.4, 0.5) is 13.2 Å². The Balaban J connectivity index is 1.85. The van der Waals surface area contributed by atoms with Gasteiger partial charge in [0.2, 0.25) is 5.91 Å². The molecule has 3 aromatic rings. The van der Waals surface area contributed by atoms with Crippen LogP contribution in [0.15, 0.2) is 82.8 Å². The number of amides is 1. The third kappa shape index (κ3) is 6.80. The Morgan fingerprint density at radius 1 is 1.03 bits per heavy atom. The summed E-state index contributed by atoms with van der Waals surface area (Å²) in [7, 11) is -4.49. The Morgan fingerprint density at radius 3 is 2.33 bits per heavy atom. The maximum Gasteiger partial charge on any atom is 0.416 e. The zero-order chi connectivity index (χ0) is 24.1. The van der Waals surface area contributed by atoms with Gasteiger partial charge in [-0.1, -0.05) is 41.9 Å². The Bertz CT molecular complexity index is 1260. The van der Waals surface area contributed by atoms with Gasteiger partial charge in [-0.05, 0) is 48.0 Å². The molecule has 0 bridgehead atoms. The first-order chi connectivity index (χ1) is 15.5. The zero-order valence-corrected chi connectivity index (χ0v) is 18.3. The summed E-state index contributed by atoms with van der Waals surface area (Å²) >= 11 is 5.78. The van der Waals surface area contributed by atoms with Gasteiger partial charge in [0.05, 0.1) is 18.2 Å². The summed E-state index contributed by atoms with van der Waals surface area (Å²) in [6.07, 6.45) is -3.97. The van der Waals surface area contributed by atoms with Crippen molar-refractivity contribution in [2.75, 3.05) is 0 Å². The summed E-state index contributed by atoms with van der Waals surface area (Å²) in [5, 5.41) is 4.12. The van der Waals surface area contributed by atoms with Gasteiger partial charge < -0.3 is 4.18 Å². The van der Waals surface area contributed by atoms with Crippen molar-refractivity contribution in [2.45, 2.75) is 17.5 Å². The molecule has 172 valence electrons. The first-order valence-electron chi connectivity index (χ1n) is 9.32. The number of nitrogens with one attached hydrogen (secondary N) is 1. The van der Waals surface area contributed by atoms with Crippen LogP contribution in [0.2, 0.25) is 5.02 Å². The van der Waals surface area contributed by atoms with E-state index in [1.54, 1.807) is 30.3 Å². The molecule has 0 saturated heterocycles. The van der Waals surface area contributed by atoms with Crippen molar-refractivity contribution in [3.63, 3.8) is 0 Å². The number of benzene rings is 3. The first-order valence-corrected chi connectivity index (χ1v) is 11.1. The van der Waals surface area contributed by atoms with E-state index in [9.17, 15) is 26.4 Å². The summed E-state index contributed by atoms with van der Waals surface area (Å²) < 4.78 is 69.9. The number of para-hydroxylation sites is 1. The highest BCUT2D eigenvalue weighted by Gasteiger charge is 2.32. The third-order valence-corrected chi connectivity index (χ3v) is 5.80. The second-order valence-electron chi connectivity index (χ2n) is 6.70. The lowest BCUT2D eigenvalue weighted by Crippen LogP contribution is -2.20. The molecule has 0 unspecified atom stereocenters. The summed E-state index contributed by atoms with van der Waals surface area (Å²) in [5.41, 5.74) is 1.29. The summed E-state index contributed by atoms with van der Waals surface area (Å²) in [6, 6.07) is 15.9. The minimum absolute atomic E-state index is 0.0171. The van der Waals surface area contributed by atoms with Crippen molar-refractivity contribution < 1.29 is 30.6 Å². The van der Waals surface area contributed by atoms with E-state index in [0.717, 1.165) is 12.3 Å². The van der Waals surface area contributed by atoms with Gasteiger partial charge in [-0.3, -0.25) is 4.79 Å². The molecule has 6 nitrogen and oxygen atoms in total. The molecule has 0 aliphatic carbocycles. The van der Waals surface area contributed by atoms with Gasteiger partial charge in [0.25, 0.3) is 0 Å². The van der Waals surface area contributed by atoms with Crippen LogP contribution < -0.4 is 9.61 Å². The van der Waals surface area contributed by atoms with Gasteiger partial charge in [-0.2, -0.15) is 26.7 Å². The fourth-order valence-corrected chi connectivity index (χ4v) is 3.92. The number of nitrogens with zero attached hydrogens (tertiary/aromatic N) is 1. The average molecular weight is 497 g/mol. The van der Waals surface area contributed by atoms with E-state index in [0.29, 0.717) is 22.7 Å². The molecule has 0 aliphatic heterocycles. The highest BCUT2D eigenvalue weighted by atomic mass is 35.5. The number of hydrogen-bond donors (Lipinski definition) is 1. The SMILES string of the molecule is O=C(Cc1ccc(Cl)cc1)NN=Cc1cc(C(F)(F)F)ccc1S(=O)(=O)Oc1ccccc1. The van der Waals surface area contributed by atoms with Crippen LogP contribution in [0.5, 0.6) is 5.75 Å². The number of halogens is 4. The fourth-order valence-electron chi connectivity index (χ4n) is 2.70. The highest BCUT2D eigenvalue weighted by molar-refractivity contribution is 7.87. The number of carbonyl (C=O) groups excluding carboxylic acids is 1. The Morgan fingerprint density at radius 2 is 1.70 bits per heavy atom.